The van der Waals surface area contributed by atoms with Gasteiger partial charge in [0.05, 0.1) is 23.8 Å². The van der Waals surface area contributed by atoms with E-state index in [2.05, 4.69) is 50.3 Å². The highest BCUT2D eigenvalue weighted by Gasteiger charge is 2.14. The number of rotatable bonds is 5. The van der Waals surface area contributed by atoms with Crippen LogP contribution < -0.4 is 15.9 Å². The summed E-state index contributed by atoms with van der Waals surface area (Å²) in [7, 11) is 1.99. The zero-order valence-electron chi connectivity index (χ0n) is 14.1. The van der Waals surface area contributed by atoms with Crippen LogP contribution in [0, 0.1) is 6.92 Å². The molecule has 0 fully saturated rings. The second kappa shape index (κ2) is 7.25. The summed E-state index contributed by atoms with van der Waals surface area (Å²) in [6, 6.07) is 11.7. The minimum absolute atomic E-state index is 0.0796. The Morgan fingerprint density at radius 2 is 1.88 bits per heavy atom. The monoisotopic (exact) mass is 403 g/mol. The van der Waals surface area contributed by atoms with E-state index in [1.165, 1.54) is 11.1 Å². The highest BCUT2D eigenvalue weighted by molar-refractivity contribution is 9.10. The number of hydrogen-bond acceptors (Lipinski definition) is 2. The van der Waals surface area contributed by atoms with Crippen LogP contribution in [0.15, 0.2) is 45.7 Å². The second-order valence-electron chi connectivity index (χ2n) is 6.24. The number of likely N-dealkylation sites (N-methyl/N-ethyl adjacent to an activating group) is 1. The Morgan fingerprint density at radius 3 is 2.60 bits per heavy atom. The molecule has 1 unspecified atom stereocenters. The number of aromatic amines is 2. The van der Waals surface area contributed by atoms with E-state index in [0.29, 0.717) is 23.3 Å². The van der Waals surface area contributed by atoms with Crippen LogP contribution in [-0.2, 0) is 11.3 Å². The van der Waals surface area contributed by atoms with Crippen LogP contribution in [-0.4, -0.2) is 29.5 Å². The summed E-state index contributed by atoms with van der Waals surface area (Å²) in [6.45, 7) is 3.21. The molecule has 1 atom stereocenters. The van der Waals surface area contributed by atoms with Crippen molar-refractivity contribution in [3.05, 3.63) is 62.5 Å². The molecule has 1 heterocycles. The minimum Gasteiger partial charge on any atom is -0.326 e. The fourth-order valence-corrected chi connectivity index (χ4v) is 3.26. The SMILES string of the molecule is Cc1ccccc1C[NH+](C)CC(=O)Nc1cc2[nH]c(=O)[nH]c2cc1Br. The van der Waals surface area contributed by atoms with Crippen molar-refractivity contribution in [2.24, 2.45) is 0 Å². The van der Waals surface area contributed by atoms with Gasteiger partial charge in [-0.3, -0.25) is 4.79 Å². The van der Waals surface area contributed by atoms with Crippen LogP contribution in [0.1, 0.15) is 11.1 Å². The third kappa shape index (κ3) is 4.18. The fraction of sp³-hybridized carbons (Fsp3) is 0.222. The van der Waals surface area contributed by atoms with Gasteiger partial charge in [0.1, 0.15) is 6.54 Å². The summed E-state index contributed by atoms with van der Waals surface area (Å²) in [5.74, 6) is -0.0796. The average Bonchev–Trinajstić information content (AvgIpc) is 2.88. The Hall–Kier alpha value is -2.38. The highest BCUT2D eigenvalue weighted by Crippen LogP contribution is 2.26. The molecule has 3 aromatic rings. The lowest BCUT2D eigenvalue weighted by Crippen LogP contribution is -3.08. The maximum Gasteiger partial charge on any atom is 0.323 e. The minimum atomic E-state index is -0.271. The number of nitrogens with one attached hydrogen (secondary N) is 4. The van der Waals surface area contributed by atoms with E-state index < -0.39 is 0 Å². The van der Waals surface area contributed by atoms with E-state index in [9.17, 15) is 9.59 Å². The van der Waals surface area contributed by atoms with E-state index in [-0.39, 0.29) is 11.6 Å². The Morgan fingerprint density at radius 1 is 1.20 bits per heavy atom. The van der Waals surface area contributed by atoms with Gasteiger partial charge in [0.15, 0.2) is 6.54 Å². The van der Waals surface area contributed by atoms with Crippen LogP contribution >= 0.6 is 15.9 Å². The molecular formula is C18H20BrN4O2+. The number of aryl methyl sites for hydroxylation is 1. The van der Waals surface area contributed by atoms with Gasteiger partial charge in [0, 0.05) is 10.0 Å². The van der Waals surface area contributed by atoms with E-state index >= 15 is 0 Å². The van der Waals surface area contributed by atoms with Gasteiger partial charge in [-0.1, -0.05) is 24.3 Å². The van der Waals surface area contributed by atoms with Crippen LogP contribution in [0.25, 0.3) is 11.0 Å². The predicted octanol–water partition coefficient (Wildman–Crippen LogP) is 1.58. The molecule has 0 aliphatic heterocycles. The fourth-order valence-electron chi connectivity index (χ4n) is 2.82. The van der Waals surface area contributed by atoms with E-state index in [1.54, 1.807) is 12.1 Å². The van der Waals surface area contributed by atoms with Crippen molar-refractivity contribution >= 4 is 38.6 Å². The van der Waals surface area contributed by atoms with Gasteiger partial charge in [-0.25, -0.2) is 4.79 Å². The number of carbonyl (C=O) groups excluding carboxylic acids is 1. The number of aromatic nitrogens is 2. The summed E-state index contributed by atoms with van der Waals surface area (Å²) >= 11 is 3.43. The van der Waals surface area contributed by atoms with Gasteiger partial charge in [0.25, 0.3) is 5.91 Å². The van der Waals surface area contributed by atoms with Crippen molar-refractivity contribution in [2.45, 2.75) is 13.5 Å². The lowest BCUT2D eigenvalue weighted by Gasteiger charge is -2.15. The summed E-state index contributed by atoms with van der Waals surface area (Å²) in [6.07, 6.45) is 0. The lowest BCUT2D eigenvalue weighted by atomic mass is 10.1. The first kappa shape index (κ1) is 17.4. The first-order valence-corrected chi connectivity index (χ1v) is 8.79. The largest absolute Gasteiger partial charge is 0.326 e. The molecule has 0 bridgehead atoms. The van der Waals surface area contributed by atoms with Crippen molar-refractivity contribution in [1.82, 2.24) is 9.97 Å². The van der Waals surface area contributed by atoms with Gasteiger partial charge in [-0.2, -0.15) is 0 Å². The summed E-state index contributed by atoms with van der Waals surface area (Å²) in [5.41, 5.74) is 4.18. The summed E-state index contributed by atoms with van der Waals surface area (Å²) in [4.78, 5) is 30.2. The molecule has 4 N–H and O–H groups in total. The van der Waals surface area contributed by atoms with E-state index in [4.69, 9.17) is 0 Å². The normalized spacial score (nSPS) is 12.3. The molecule has 0 saturated carbocycles. The smallest absolute Gasteiger partial charge is 0.323 e. The van der Waals surface area contributed by atoms with Gasteiger partial charge in [-0.05, 0) is 40.5 Å². The molecule has 3 rings (SSSR count). The Labute approximate surface area is 153 Å². The molecule has 0 aliphatic rings. The Bertz CT molecular complexity index is 977. The van der Waals surface area contributed by atoms with Gasteiger partial charge in [0.2, 0.25) is 0 Å². The Kier molecular flexibility index (Phi) is 5.06. The van der Waals surface area contributed by atoms with Crippen LogP contribution in [0.3, 0.4) is 0 Å². The van der Waals surface area contributed by atoms with Crippen LogP contribution in [0.2, 0.25) is 0 Å². The number of halogens is 1. The van der Waals surface area contributed by atoms with Crippen LogP contribution in [0.5, 0.6) is 0 Å². The maximum absolute atomic E-state index is 12.4. The number of H-pyrrole nitrogens is 2. The first-order chi connectivity index (χ1) is 11.9. The number of fused-ring (bicyclic) bond motifs is 1. The Balaban J connectivity index is 1.67. The number of quaternary nitrogens is 1. The molecule has 0 aliphatic carbocycles. The molecule has 0 saturated heterocycles. The van der Waals surface area contributed by atoms with Gasteiger partial charge < -0.3 is 20.2 Å². The van der Waals surface area contributed by atoms with Gasteiger partial charge >= 0.3 is 5.69 Å². The number of amides is 1. The number of imidazole rings is 1. The first-order valence-electron chi connectivity index (χ1n) is 7.99. The van der Waals surface area contributed by atoms with Crippen LogP contribution in [0.4, 0.5) is 5.69 Å². The molecule has 0 radical (unpaired) electrons. The van der Waals surface area contributed by atoms with Gasteiger partial charge in [-0.15, -0.1) is 0 Å². The van der Waals surface area contributed by atoms with Crippen molar-refractivity contribution < 1.29 is 9.69 Å². The molecule has 130 valence electrons. The standard InChI is InChI=1S/C18H19BrN4O2/c1-11-5-3-4-6-12(11)9-23(2)10-17(24)20-14-8-16-15(7-13(14)19)21-18(25)22-16/h3-8H,9-10H2,1-2H3,(H,20,24)(H2,21,22,25)/p+1. The molecule has 7 heteroatoms. The van der Waals surface area contributed by atoms with E-state index in [1.807, 2.05) is 19.2 Å². The molecule has 1 amide bonds. The zero-order valence-corrected chi connectivity index (χ0v) is 15.7. The van der Waals surface area contributed by atoms with Crippen molar-refractivity contribution in [1.29, 1.82) is 0 Å². The molecule has 25 heavy (non-hydrogen) atoms. The molecule has 1 aromatic heterocycles. The zero-order chi connectivity index (χ0) is 18.0. The molecule has 2 aromatic carbocycles. The third-order valence-electron chi connectivity index (χ3n) is 4.09. The van der Waals surface area contributed by atoms with Crippen molar-refractivity contribution in [3.8, 4) is 0 Å². The average molecular weight is 404 g/mol. The number of hydrogen-bond donors (Lipinski definition) is 4. The quantitative estimate of drug-likeness (QED) is 0.521. The van der Waals surface area contributed by atoms with E-state index in [0.717, 1.165) is 15.9 Å². The lowest BCUT2D eigenvalue weighted by molar-refractivity contribution is -0.885. The number of anilines is 1. The number of benzene rings is 2. The maximum atomic E-state index is 12.4. The third-order valence-corrected chi connectivity index (χ3v) is 4.75. The second-order valence-corrected chi connectivity index (χ2v) is 7.10. The molecule has 0 spiro atoms. The summed E-state index contributed by atoms with van der Waals surface area (Å²) in [5, 5.41) is 2.90. The predicted molar refractivity (Wildman–Crippen MR) is 102 cm³/mol. The highest BCUT2D eigenvalue weighted by atomic mass is 79.9. The molecular weight excluding hydrogens is 384 g/mol. The summed E-state index contributed by atoms with van der Waals surface area (Å²) < 4.78 is 0.722. The molecule has 6 nitrogen and oxygen atoms in total. The van der Waals surface area contributed by atoms with Crippen molar-refractivity contribution in [3.63, 3.8) is 0 Å². The number of carbonyl (C=O) groups is 1. The topological polar surface area (TPSA) is 82.2 Å². The van der Waals surface area contributed by atoms with Crippen molar-refractivity contribution in [2.75, 3.05) is 18.9 Å².